The summed E-state index contributed by atoms with van der Waals surface area (Å²) in [6, 6.07) is 3.17. The van der Waals surface area contributed by atoms with Crippen LogP contribution in [0.25, 0.3) is 0 Å². The van der Waals surface area contributed by atoms with E-state index in [1.54, 1.807) is 12.1 Å². The van der Waals surface area contributed by atoms with Crippen LogP contribution in [0, 0.1) is 17.3 Å². The largest absolute Gasteiger partial charge is 0.503 e. The Balaban J connectivity index is 1.63. The molecule has 3 atom stereocenters. The molecule has 2 saturated carbocycles. The van der Waals surface area contributed by atoms with E-state index in [1.165, 1.54) is 26.2 Å². The van der Waals surface area contributed by atoms with Crippen molar-refractivity contribution in [1.82, 2.24) is 5.43 Å². The van der Waals surface area contributed by atoms with Crippen molar-refractivity contribution in [2.24, 2.45) is 22.4 Å². The van der Waals surface area contributed by atoms with Gasteiger partial charge in [0.05, 0.1) is 18.3 Å². The van der Waals surface area contributed by atoms with Gasteiger partial charge in [-0.25, -0.2) is 5.43 Å². The molecule has 0 spiro atoms. The Morgan fingerprint density at radius 3 is 2.96 bits per heavy atom. The number of benzene rings is 1. The number of hydrogen-bond donors (Lipinski definition) is 2. The van der Waals surface area contributed by atoms with Crippen molar-refractivity contribution in [3.05, 3.63) is 22.7 Å². The standard InChI is InChI=1S/C17H21ClN2O3/c1-17-6-4-3-5-11(17)14(17)16(22)20-19-9-10-7-12(18)15(21)13(8-10)23-2/h7-9,11,14,21H,3-6H2,1-2H3,(H,20,22)/b19-9-/t11-,14+,17-/m1/s1. The van der Waals surface area contributed by atoms with Crippen molar-refractivity contribution >= 4 is 23.7 Å². The van der Waals surface area contributed by atoms with Crippen LogP contribution >= 0.6 is 11.6 Å². The normalized spacial score (nSPS) is 29.2. The molecule has 2 aliphatic carbocycles. The van der Waals surface area contributed by atoms with Gasteiger partial charge in [-0.05, 0) is 41.9 Å². The first-order chi connectivity index (χ1) is 11.0. The van der Waals surface area contributed by atoms with Gasteiger partial charge in [0.2, 0.25) is 5.91 Å². The van der Waals surface area contributed by atoms with E-state index in [0.29, 0.717) is 11.5 Å². The predicted molar refractivity (Wildman–Crippen MR) is 89.0 cm³/mol. The van der Waals surface area contributed by atoms with Crippen molar-refractivity contribution in [2.75, 3.05) is 7.11 Å². The zero-order chi connectivity index (χ0) is 16.6. The minimum atomic E-state index is -0.106. The maximum atomic E-state index is 12.3. The van der Waals surface area contributed by atoms with E-state index in [-0.39, 0.29) is 33.8 Å². The van der Waals surface area contributed by atoms with Crippen LogP contribution < -0.4 is 10.2 Å². The number of halogens is 1. The predicted octanol–water partition coefficient (Wildman–Crippen LogP) is 3.33. The number of nitrogens with one attached hydrogen (secondary N) is 1. The van der Waals surface area contributed by atoms with Gasteiger partial charge in [0.25, 0.3) is 0 Å². The fourth-order valence-electron chi connectivity index (χ4n) is 3.91. The highest BCUT2D eigenvalue weighted by Crippen LogP contribution is 2.66. The summed E-state index contributed by atoms with van der Waals surface area (Å²) in [6.07, 6.45) is 6.21. The minimum absolute atomic E-state index is 0.00695. The molecule has 0 aromatic heterocycles. The summed E-state index contributed by atoms with van der Waals surface area (Å²) < 4.78 is 5.04. The summed E-state index contributed by atoms with van der Waals surface area (Å²) in [5.41, 5.74) is 3.44. The average molecular weight is 337 g/mol. The number of methoxy groups -OCH3 is 1. The molecule has 0 saturated heterocycles. The average Bonchev–Trinajstić information content (AvgIpc) is 3.16. The quantitative estimate of drug-likeness (QED) is 0.654. The monoisotopic (exact) mass is 336 g/mol. The molecule has 1 amide bonds. The highest BCUT2D eigenvalue weighted by atomic mass is 35.5. The second kappa shape index (κ2) is 6.04. The van der Waals surface area contributed by atoms with Crippen molar-refractivity contribution in [3.63, 3.8) is 0 Å². The van der Waals surface area contributed by atoms with Gasteiger partial charge in [0, 0.05) is 5.92 Å². The number of fused-ring (bicyclic) bond motifs is 1. The van der Waals surface area contributed by atoms with E-state index < -0.39 is 0 Å². The molecule has 5 nitrogen and oxygen atoms in total. The van der Waals surface area contributed by atoms with Crippen molar-refractivity contribution in [3.8, 4) is 11.5 Å². The van der Waals surface area contributed by atoms with Gasteiger partial charge in [0.15, 0.2) is 11.5 Å². The molecule has 0 unspecified atom stereocenters. The SMILES string of the molecule is COc1cc(/C=N\NC(=O)[C@@H]2[C@H]3CCCC[C@]32C)cc(Cl)c1O. The van der Waals surface area contributed by atoms with Crippen LogP contribution in [0.1, 0.15) is 38.2 Å². The maximum Gasteiger partial charge on any atom is 0.244 e. The zero-order valence-electron chi connectivity index (χ0n) is 13.3. The summed E-state index contributed by atoms with van der Waals surface area (Å²) in [6.45, 7) is 2.20. The van der Waals surface area contributed by atoms with Gasteiger partial charge >= 0.3 is 0 Å². The number of phenolic OH excluding ortho intramolecular Hbond substituents is 1. The molecule has 1 aromatic carbocycles. The zero-order valence-corrected chi connectivity index (χ0v) is 14.1. The lowest BCUT2D eigenvalue weighted by atomic mass is 9.90. The first-order valence-corrected chi connectivity index (χ1v) is 8.24. The van der Waals surface area contributed by atoms with Crippen LogP contribution in [-0.4, -0.2) is 24.3 Å². The van der Waals surface area contributed by atoms with Gasteiger partial charge < -0.3 is 9.84 Å². The number of phenols is 1. The molecule has 2 aliphatic rings. The number of hydrogen-bond acceptors (Lipinski definition) is 4. The van der Waals surface area contributed by atoms with Crippen LogP contribution in [-0.2, 0) is 4.79 Å². The first-order valence-electron chi connectivity index (χ1n) is 7.87. The van der Waals surface area contributed by atoms with Gasteiger partial charge in [-0.2, -0.15) is 5.10 Å². The summed E-state index contributed by atoms with van der Waals surface area (Å²) in [5, 5.41) is 13.9. The Morgan fingerprint density at radius 2 is 2.30 bits per heavy atom. The van der Waals surface area contributed by atoms with Crippen molar-refractivity contribution in [2.45, 2.75) is 32.6 Å². The fraction of sp³-hybridized carbons (Fsp3) is 0.529. The fourth-order valence-corrected chi connectivity index (χ4v) is 4.13. The lowest BCUT2D eigenvalue weighted by Gasteiger charge is -2.15. The molecule has 124 valence electrons. The Bertz CT molecular complexity index is 661. The smallest absolute Gasteiger partial charge is 0.244 e. The summed E-state index contributed by atoms with van der Waals surface area (Å²) >= 11 is 5.92. The number of carbonyl (C=O) groups is 1. The minimum Gasteiger partial charge on any atom is -0.503 e. The van der Waals surface area contributed by atoms with Gasteiger partial charge in [0.1, 0.15) is 0 Å². The number of carbonyl (C=O) groups excluding carboxylic acids is 1. The highest BCUT2D eigenvalue weighted by molar-refractivity contribution is 6.32. The van der Waals surface area contributed by atoms with Crippen LogP contribution in [0.2, 0.25) is 5.02 Å². The lowest BCUT2D eigenvalue weighted by Crippen LogP contribution is -2.22. The number of hydrazone groups is 1. The van der Waals surface area contributed by atoms with Crippen LogP contribution in [0.15, 0.2) is 17.2 Å². The van der Waals surface area contributed by atoms with Crippen molar-refractivity contribution in [1.29, 1.82) is 0 Å². The second-order valence-corrected chi connectivity index (χ2v) is 7.03. The Kier molecular flexibility index (Phi) is 4.23. The van der Waals surface area contributed by atoms with Gasteiger partial charge in [-0.15, -0.1) is 0 Å². The van der Waals surface area contributed by atoms with E-state index in [1.807, 2.05) is 0 Å². The van der Waals surface area contributed by atoms with E-state index in [4.69, 9.17) is 16.3 Å². The number of rotatable bonds is 4. The third kappa shape index (κ3) is 2.90. The molecule has 0 bridgehead atoms. The molecule has 0 radical (unpaired) electrons. The van der Waals surface area contributed by atoms with Crippen LogP contribution in [0.5, 0.6) is 11.5 Å². The van der Waals surface area contributed by atoms with E-state index in [9.17, 15) is 9.90 Å². The molecule has 0 heterocycles. The van der Waals surface area contributed by atoms with Gasteiger partial charge in [-0.3, -0.25) is 4.79 Å². The number of ether oxygens (including phenoxy) is 1. The molecule has 0 aliphatic heterocycles. The molecule has 2 fully saturated rings. The van der Waals surface area contributed by atoms with E-state index in [2.05, 4.69) is 17.5 Å². The summed E-state index contributed by atoms with van der Waals surface area (Å²) in [5.74, 6) is 0.749. The molecule has 23 heavy (non-hydrogen) atoms. The molecular formula is C17H21ClN2O3. The molecule has 6 heteroatoms. The van der Waals surface area contributed by atoms with Crippen LogP contribution in [0.4, 0.5) is 0 Å². The molecule has 2 N–H and O–H groups in total. The third-order valence-electron chi connectivity index (χ3n) is 5.27. The van der Waals surface area contributed by atoms with Crippen LogP contribution in [0.3, 0.4) is 0 Å². The Hall–Kier alpha value is -1.75. The number of nitrogens with zero attached hydrogens (tertiary/aromatic N) is 1. The summed E-state index contributed by atoms with van der Waals surface area (Å²) in [7, 11) is 1.45. The Morgan fingerprint density at radius 1 is 1.52 bits per heavy atom. The number of amides is 1. The lowest BCUT2D eigenvalue weighted by molar-refractivity contribution is -0.123. The molecule has 1 aromatic rings. The molecular weight excluding hydrogens is 316 g/mol. The van der Waals surface area contributed by atoms with Gasteiger partial charge in [-0.1, -0.05) is 31.4 Å². The maximum absolute atomic E-state index is 12.3. The molecule has 3 rings (SSSR count). The van der Waals surface area contributed by atoms with Crippen molar-refractivity contribution < 1.29 is 14.6 Å². The second-order valence-electron chi connectivity index (χ2n) is 6.62. The highest BCUT2D eigenvalue weighted by Gasteiger charge is 2.64. The first kappa shape index (κ1) is 16.1. The third-order valence-corrected chi connectivity index (χ3v) is 5.56. The number of aromatic hydroxyl groups is 1. The Labute approximate surface area is 140 Å². The topological polar surface area (TPSA) is 70.9 Å². The van der Waals surface area contributed by atoms with E-state index in [0.717, 1.165) is 12.8 Å². The summed E-state index contributed by atoms with van der Waals surface area (Å²) in [4.78, 5) is 12.3. The van der Waals surface area contributed by atoms with E-state index >= 15 is 0 Å².